The van der Waals surface area contributed by atoms with Gasteiger partial charge in [0.2, 0.25) is 0 Å². The highest BCUT2D eigenvalue weighted by atomic mass is 32.1. The number of fused-ring (bicyclic) bond motifs is 3. The number of aromatic nitrogens is 1. The predicted octanol–water partition coefficient (Wildman–Crippen LogP) is 4.63. The number of para-hydroxylation sites is 1. The van der Waals surface area contributed by atoms with Crippen LogP contribution in [-0.4, -0.2) is 24.0 Å². The number of benzene rings is 2. The largest absolute Gasteiger partial charge is 0.494 e. The second-order valence-electron chi connectivity index (χ2n) is 6.81. The molecule has 0 aliphatic carbocycles. The molecule has 28 heavy (non-hydrogen) atoms. The third kappa shape index (κ3) is 2.60. The minimum atomic E-state index is -0.0514. The number of nitrogens with zero attached hydrogens (tertiary/aromatic N) is 2. The summed E-state index contributed by atoms with van der Waals surface area (Å²) in [6.07, 6.45) is 0.870. The predicted molar refractivity (Wildman–Crippen MR) is 115 cm³/mol. The van der Waals surface area contributed by atoms with E-state index < -0.39 is 0 Å². The molecule has 2 N–H and O–H groups in total. The molecule has 2 aromatic carbocycles. The maximum Gasteiger partial charge on any atom is 0.270 e. The van der Waals surface area contributed by atoms with E-state index in [1.807, 2.05) is 54.3 Å². The van der Waals surface area contributed by atoms with E-state index in [1.54, 1.807) is 0 Å². The first-order chi connectivity index (χ1) is 13.7. The number of thiophene rings is 1. The number of nitrogen functional groups attached to an aromatic ring is 1. The minimum Gasteiger partial charge on any atom is -0.494 e. The van der Waals surface area contributed by atoms with Gasteiger partial charge in [0.05, 0.1) is 17.8 Å². The number of amides is 1. The van der Waals surface area contributed by atoms with Crippen molar-refractivity contribution in [2.24, 2.45) is 0 Å². The molecule has 1 aliphatic rings. The van der Waals surface area contributed by atoms with Crippen LogP contribution in [0, 0.1) is 0 Å². The van der Waals surface area contributed by atoms with Crippen LogP contribution in [-0.2, 0) is 6.42 Å². The van der Waals surface area contributed by atoms with Crippen molar-refractivity contribution in [3.8, 4) is 5.75 Å². The van der Waals surface area contributed by atoms with E-state index in [1.165, 1.54) is 16.9 Å². The van der Waals surface area contributed by atoms with Crippen LogP contribution >= 0.6 is 11.3 Å². The van der Waals surface area contributed by atoms with Crippen molar-refractivity contribution >= 4 is 49.7 Å². The van der Waals surface area contributed by atoms with Gasteiger partial charge in [-0.2, -0.15) is 0 Å². The van der Waals surface area contributed by atoms with Crippen LogP contribution in [0.1, 0.15) is 22.2 Å². The van der Waals surface area contributed by atoms with E-state index >= 15 is 0 Å². The quantitative estimate of drug-likeness (QED) is 0.554. The average Bonchev–Trinajstić information content (AvgIpc) is 3.28. The Balaban J connectivity index is 1.59. The van der Waals surface area contributed by atoms with Crippen LogP contribution < -0.4 is 15.4 Å². The monoisotopic (exact) mass is 389 g/mol. The SMILES string of the molecule is CCOc1ccc2cc3c(N)c(C(=O)N4CCc5ccccc54)sc3nc2c1. The molecule has 0 saturated carbocycles. The Kier molecular flexibility index (Phi) is 3.94. The minimum absolute atomic E-state index is 0.0514. The lowest BCUT2D eigenvalue weighted by Crippen LogP contribution is -2.28. The van der Waals surface area contributed by atoms with Gasteiger partial charge in [0, 0.05) is 29.1 Å². The fraction of sp³-hybridized carbons (Fsp3) is 0.182. The lowest BCUT2D eigenvalue weighted by molar-refractivity contribution is 0.0994. The van der Waals surface area contributed by atoms with Crippen molar-refractivity contribution in [2.75, 3.05) is 23.8 Å². The van der Waals surface area contributed by atoms with Gasteiger partial charge in [-0.05, 0) is 43.2 Å². The smallest absolute Gasteiger partial charge is 0.270 e. The van der Waals surface area contributed by atoms with Gasteiger partial charge in [0.25, 0.3) is 5.91 Å². The third-order valence-corrected chi connectivity index (χ3v) is 6.23. The summed E-state index contributed by atoms with van der Waals surface area (Å²) in [4.78, 5) is 21.1. The van der Waals surface area contributed by atoms with Gasteiger partial charge in [0.1, 0.15) is 15.5 Å². The topological polar surface area (TPSA) is 68.5 Å². The Labute approximate surface area is 166 Å². The van der Waals surface area contributed by atoms with E-state index in [9.17, 15) is 4.79 Å². The summed E-state index contributed by atoms with van der Waals surface area (Å²) >= 11 is 1.36. The zero-order chi connectivity index (χ0) is 19.3. The Morgan fingerprint density at radius 3 is 2.96 bits per heavy atom. The van der Waals surface area contributed by atoms with E-state index in [4.69, 9.17) is 15.5 Å². The van der Waals surface area contributed by atoms with E-state index in [0.717, 1.165) is 39.0 Å². The molecule has 0 fully saturated rings. The summed E-state index contributed by atoms with van der Waals surface area (Å²) in [5, 5.41) is 1.81. The highest BCUT2D eigenvalue weighted by Gasteiger charge is 2.28. The first-order valence-corrected chi connectivity index (χ1v) is 10.1. The van der Waals surface area contributed by atoms with Crippen molar-refractivity contribution in [3.63, 3.8) is 0 Å². The highest BCUT2D eigenvalue weighted by molar-refractivity contribution is 7.21. The molecule has 3 heterocycles. The standard InChI is InChI=1S/C22H19N3O2S/c1-2-27-15-8-7-14-11-16-19(23)20(28-21(16)24-17(14)12-15)22(26)25-10-9-13-5-3-4-6-18(13)25/h3-8,11-12H,2,9-10,23H2,1H3. The average molecular weight is 389 g/mol. The molecule has 1 amide bonds. The molecule has 0 saturated heterocycles. The Bertz CT molecular complexity index is 1230. The van der Waals surface area contributed by atoms with E-state index in [2.05, 4.69) is 6.07 Å². The van der Waals surface area contributed by atoms with Crippen LogP contribution in [0.15, 0.2) is 48.5 Å². The van der Waals surface area contributed by atoms with Gasteiger partial charge in [-0.3, -0.25) is 4.79 Å². The molecule has 2 aromatic heterocycles. The normalized spacial score (nSPS) is 13.2. The number of hydrogen-bond acceptors (Lipinski definition) is 5. The molecule has 5 rings (SSSR count). The number of carbonyl (C=O) groups excluding carboxylic acids is 1. The molecule has 0 unspecified atom stereocenters. The summed E-state index contributed by atoms with van der Waals surface area (Å²) in [6.45, 7) is 3.24. The number of ether oxygens (including phenoxy) is 1. The lowest BCUT2D eigenvalue weighted by atomic mass is 10.1. The van der Waals surface area contributed by atoms with Gasteiger partial charge >= 0.3 is 0 Å². The zero-order valence-electron chi connectivity index (χ0n) is 15.4. The van der Waals surface area contributed by atoms with Crippen molar-refractivity contribution in [1.29, 1.82) is 0 Å². The molecule has 0 radical (unpaired) electrons. The van der Waals surface area contributed by atoms with Gasteiger partial charge in [-0.15, -0.1) is 11.3 Å². The van der Waals surface area contributed by atoms with E-state index in [0.29, 0.717) is 23.7 Å². The summed E-state index contributed by atoms with van der Waals surface area (Å²) in [7, 11) is 0. The number of hydrogen-bond donors (Lipinski definition) is 1. The maximum atomic E-state index is 13.2. The zero-order valence-corrected chi connectivity index (χ0v) is 16.3. The molecule has 5 nitrogen and oxygen atoms in total. The summed E-state index contributed by atoms with van der Waals surface area (Å²) < 4.78 is 5.57. The summed E-state index contributed by atoms with van der Waals surface area (Å²) in [5.74, 6) is 0.737. The second kappa shape index (κ2) is 6.49. The van der Waals surface area contributed by atoms with Crippen molar-refractivity contribution < 1.29 is 9.53 Å². The molecule has 4 aromatic rings. The number of anilines is 2. The molecule has 140 valence electrons. The third-order valence-electron chi connectivity index (χ3n) is 5.13. The number of carbonyl (C=O) groups is 1. The van der Waals surface area contributed by atoms with Crippen molar-refractivity contribution in [3.05, 3.63) is 59.0 Å². The molecule has 6 heteroatoms. The van der Waals surface area contributed by atoms with Crippen molar-refractivity contribution in [2.45, 2.75) is 13.3 Å². The molecule has 1 aliphatic heterocycles. The van der Waals surface area contributed by atoms with Crippen molar-refractivity contribution in [1.82, 2.24) is 4.98 Å². The Hall–Kier alpha value is -3.12. The fourth-order valence-electron chi connectivity index (χ4n) is 3.76. The summed E-state index contributed by atoms with van der Waals surface area (Å²) in [6, 6.07) is 15.9. The van der Waals surface area contributed by atoms with Crippen LogP contribution in [0.25, 0.3) is 21.1 Å². The van der Waals surface area contributed by atoms with Crippen LogP contribution in [0.5, 0.6) is 5.75 Å². The maximum absolute atomic E-state index is 13.2. The lowest BCUT2D eigenvalue weighted by Gasteiger charge is -2.16. The summed E-state index contributed by atoms with van der Waals surface area (Å²) in [5.41, 5.74) is 9.92. The van der Waals surface area contributed by atoms with Crippen LogP contribution in [0.4, 0.5) is 11.4 Å². The number of nitrogens with two attached hydrogens (primary N) is 1. The highest BCUT2D eigenvalue weighted by Crippen LogP contribution is 2.38. The van der Waals surface area contributed by atoms with Gasteiger partial charge in [-0.1, -0.05) is 18.2 Å². The van der Waals surface area contributed by atoms with Crippen LogP contribution in [0.2, 0.25) is 0 Å². The molecule has 0 atom stereocenters. The number of rotatable bonds is 3. The first kappa shape index (κ1) is 17.0. The molecule has 0 spiro atoms. The Morgan fingerprint density at radius 1 is 1.25 bits per heavy atom. The van der Waals surface area contributed by atoms with Gasteiger partial charge in [0.15, 0.2) is 0 Å². The first-order valence-electron chi connectivity index (χ1n) is 9.31. The van der Waals surface area contributed by atoms with E-state index in [-0.39, 0.29) is 5.91 Å². The molecular weight excluding hydrogens is 370 g/mol. The van der Waals surface area contributed by atoms with Gasteiger partial charge < -0.3 is 15.4 Å². The number of pyridine rings is 1. The molecule has 0 bridgehead atoms. The Morgan fingerprint density at radius 2 is 2.11 bits per heavy atom. The second-order valence-corrected chi connectivity index (χ2v) is 7.81. The van der Waals surface area contributed by atoms with Crippen LogP contribution in [0.3, 0.4) is 0 Å². The molecular formula is C22H19N3O2S. The fourth-order valence-corrected chi connectivity index (χ4v) is 4.79. The van der Waals surface area contributed by atoms with Gasteiger partial charge in [-0.25, -0.2) is 4.98 Å².